The Kier molecular flexibility index (Phi) is 11.8. The molecule has 1 aromatic heterocycles. The molecule has 0 fully saturated rings. The van der Waals surface area contributed by atoms with Crippen LogP contribution in [0.3, 0.4) is 0 Å². The first-order valence-corrected chi connectivity index (χ1v) is 8.49. The summed E-state index contributed by atoms with van der Waals surface area (Å²) in [5, 5.41) is 6.75. The van der Waals surface area contributed by atoms with Gasteiger partial charge in [-0.15, -0.1) is 24.0 Å². The molecular weight excluding hydrogens is 415 g/mol. The van der Waals surface area contributed by atoms with Crippen molar-refractivity contribution in [3.8, 4) is 5.88 Å². The number of nitrogens with one attached hydrogen (secondary N) is 2. The Bertz CT molecular complexity index is 474. The van der Waals surface area contributed by atoms with Gasteiger partial charge in [0.2, 0.25) is 5.88 Å². The summed E-state index contributed by atoms with van der Waals surface area (Å²) in [5.41, 5.74) is 1.10. The van der Waals surface area contributed by atoms with Gasteiger partial charge in [0.1, 0.15) is 0 Å². The number of guanidine groups is 1. The normalized spacial score (nSPS) is 12.8. The average Bonchev–Trinajstić information content (AvgIpc) is 2.50. The number of aromatic nitrogens is 1. The molecule has 1 aromatic rings. The van der Waals surface area contributed by atoms with E-state index in [0.717, 1.165) is 23.9 Å². The minimum Gasteiger partial charge on any atom is -0.475 e. The molecule has 2 N–H and O–H groups in total. The minimum absolute atomic E-state index is 0. The molecule has 0 aliphatic heterocycles. The van der Waals surface area contributed by atoms with Gasteiger partial charge in [-0.2, -0.15) is 0 Å². The third-order valence-corrected chi connectivity index (χ3v) is 3.40. The molecule has 0 aromatic carbocycles. The third kappa shape index (κ3) is 9.95. The van der Waals surface area contributed by atoms with E-state index in [-0.39, 0.29) is 30.1 Å². The summed E-state index contributed by atoms with van der Waals surface area (Å²) < 4.78 is 5.55. The Hall–Kier alpha value is -1.05. The number of nitrogens with zero attached hydrogens (tertiary/aromatic N) is 2. The topological polar surface area (TPSA) is 58.5 Å². The molecule has 1 unspecified atom stereocenters. The zero-order chi connectivity index (χ0) is 17.2. The summed E-state index contributed by atoms with van der Waals surface area (Å²) in [6, 6.07) is 4.33. The molecule has 0 spiro atoms. The highest BCUT2D eigenvalue weighted by Crippen LogP contribution is 2.09. The van der Waals surface area contributed by atoms with E-state index in [2.05, 4.69) is 41.4 Å². The highest BCUT2D eigenvalue weighted by molar-refractivity contribution is 14.0. The highest BCUT2D eigenvalue weighted by atomic mass is 127. The second-order valence-electron chi connectivity index (χ2n) is 6.61. The van der Waals surface area contributed by atoms with E-state index in [9.17, 15) is 0 Å². The summed E-state index contributed by atoms with van der Waals surface area (Å²) >= 11 is 0. The summed E-state index contributed by atoms with van der Waals surface area (Å²) in [5.74, 6) is 2.21. The van der Waals surface area contributed by atoms with Crippen LogP contribution < -0.4 is 15.4 Å². The van der Waals surface area contributed by atoms with E-state index >= 15 is 0 Å². The molecule has 1 rings (SSSR count). The van der Waals surface area contributed by atoms with Gasteiger partial charge in [0, 0.05) is 31.9 Å². The largest absolute Gasteiger partial charge is 0.475 e. The summed E-state index contributed by atoms with van der Waals surface area (Å²) in [7, 11) is 1.79. The Balaban J connectivity index is 0.00000529. The lowest BCUT2D eigenvalue weighted by molar-refractivity contribution is 0.232. The van der Waals surface area contributed by atoms with E-state index < -0.39 is 0 Å². The number of aliphatic imine (C=N–C) groups is 1. The molecule has 1 atom stereocenters. The average molecular weight is 448 g/mol. The highest BCUT2D eigenvalue weighted by Gasteiger charge is 2.06. The quantitative estimate of drug-likeness (QED) is 0.359. The first-order valence-electron chi connectivity index (χ1n) is 8.49. The van der Waals surface area contributed by atoms with Crippen molar-refractivity contribution in [1.82, 2.24) is 15.6 Å². The van der Waals surface area contributed by atoms with Crippen molar-refractivity contribution >= 4 is 29.9 Å². The molecule has 138 valence electrons. The number of pyridine rings is 1. The van der Waals surface area contributed by atoms with Gasteiger partial charge in [-0.1, -0.05) is 19.9 Å². The van der Waals surface area contributed by atoms with Crippen LogP contribution in [0.25, 0.3) is 0 Å². The number of ether oxygens (including phenoxy) is 1. The Labute approximate surface area is 164 Å². The maximum absolute atomic E-state index is 5.55. The zero-order valence-electron chi connectivity index (χ0n) is 15.8. The van der Waals surface area contributed by atoms with Crippen LogP contribution in [-0.4, -0.2) is 30.1 Å². The molecule has 0 aliphatic carbocycles. The number of hydrogen-bond acceptors (Lipinski definition) is 3. The maximum atomic E-state index is 5.55. The number of rotatable bonds is 8. The molecule has 24 heavy (non-hydrogen) atoms. The lowest BCUT2D eigenvalue weighted by atomic mass is 10.0. The Morgan fingerprint density at radius 2 is 1.88 bits per heavy atom. The van der Waals surface area contributed by atoms with E-state index in [1.807, 2.05) is 32.2 Å². The predicted molar refractivity (Wildman–Crippen MR) is 112 cm³/mol. The standard InChI is InChI=1S/C18H32N4O.HI/c1-13(2)7-8-15(5)22-18(19-6)21-12-16-9-10-17(20-11-16)23-14(3)4;/h9-11,13-15H,7-8,12H2,1-6H3,(H2,19,21,22);1H. The molecule has 0 saturated heterocycles. The smallest absolute Gasteiger partial charge is 0.213 e. The second-order valence-corrected chi connectivity index (χ2v) is 6.61. The van der Waals surface area contributed by atoms with Gasteiger partial charge in [-0.3, -0.25) is 4.99 Å². The van der Waals surface area contributed by atoms with Gasteiger partial charge >= 0.3 is 0 Å². The fraction of sp³-hybridized carbons (Fsp3) is 0.667. The van der Waals surface area contributed by atoms with Crippen molar-refractivity contribution in [3.05, 3.63) is 23.9 Å². The fourth-order valence-corrected chi connectivity index (χ4v) is 2.10. The fourth-order valence-electron chi connectivity index (χ4n) is 2.10. The van der Waals surface area contributed by atoms with Crippen LogP contribution in [0.2, 0.25) is 0 Å². The lowest BCUT2D eigenvalue weighted by Gasteiger charge is -2.18. The van der Waals surface area contributed by atoms with Gasteiger partial charge in [0.15, 0.2) is 5.96 Å². The van der Waals surface area contributed by atoms with Gasteiger partial charge < -0.3 is 15.4 Å². The van der Waals surface area contributed by atoms with Crippen molar-refractivity contribution < 1.29 is 4.74 Å². The van der Waals surface area contributed by atoms with Crippen LogP contribution in [0.15, 0.2) is 23.3 Å². The molecular formula is C18H33IN4O. The monoisotopic (exact) mass is 448 g/mol. The SMILES string of the molecule is CN=C(NCc1ccc(OC(C)C)nc1)NC(C)CCC(C)C.I. The van der Waals surface area contributed by atoms with Crippen molar-refractivity contribution in [1.29, 1.82) is 0 Å². The lowest BCUT2D eigenvalue weighted by Crippen LogP contribution is -2.41. The van der Waals surface area contributed by atoms with Crippen molar-refractivity contribution in [2.75, 3.05) is 7.05 Å². The van der Waals surface area contributed by atoms with Crippen LogP contribution in [0.4, 0.5) is 0 Å². The van der Waals surface area contributed by atoms with E-state index in [1.54, 1.807) is 7.05 Å². The second kappa shape index (κ2) is 12.3. The van der Waals surface area contributed by atoms with Crippen LogP contribution in [0.5, 0.6) is 5.88 Å². The molecule has 0 radical (unpaired) electrons. The van der Waals surface area contributed by atoms with E-state index in [0.29, 0.717) is 18.5 Å². The van der Waals surface area contributed by atoms with E-state index in [1.165, 1.54) is 6.42 Å². The van der Waals surface area contributed by atoms with Gasteiger partial charge in [0.05, 0.1) is 6.10 Å². The van der Waals surface area contributed by atoms with Crippen LogP contribution in [0, 0.1) is 5.92 Å². The van der Waals surface area contributed by atoms with Gasteiger partial charge in [-0.25, -0.2) is 4.98 Å². The molecule has 0 amide bonds. The molecule has 1 heterocycles. The molecule has 0 aliphatic rings. The van der Waals surface area contributed by atoms with Gasteiger partial charge in [0.25, 0.3) is 0 Å². The number of hydrogen-bond donors (Lipinski definition) is 2. The third-order valence-electron chi connectivity index (χ3n) is 3.40. The van der Waals surface area contributed by atoms with Crippen LogP contribution >= 0.6 is 24.0 Å². The summed E-state index contributed by atoms with van der Waals surface area (Å²) in [4.78, 5) is 8.59. The van der Waals surface area contributed by atoms with E-state index in [4.69, 9.17) is 4.74 Å². The minimum atomic E-state index is 0. The van der Waals surface area contributed by atoms with Gasteiger partial charge in [-0.05, 0) is 45.1 Å². The van der Waals surface area contributed by atoms with Crippen LogP contribution in [-0.2, 0) is 6.54 Å². The Morgan fingerprint density at radius 3 is 2.38 bits per heavy atom. The Morgan fingerprint density at radius 1 is 1.17 bits per heavy atom. The maximum Gasteiger partial charge on any atom is 0.213 e. The van der Waals surface area contributed by atoms with Crippen LogP contribution in [0.1, 0.15) is 53.0 Å². The van der Waals surface area contributed by atoms with Crippen molar-refractivity contribution in [3.63, 3.8) is 0 Å². The molecule has 0 saturated carbocycles. The molecule has 0 bridgehead atoms. The first kappa shape index (κ1) is 22.9. The number of halogens is 1. The predicted octanol–water partition coefficient (Wildman–Crippen LogP) is 3.98. The van der Waals surface area contributed by atoms with Crippen molar-refractivity contribution in [2.24, 2.45) is 10.9 Å². The molecule has 5 nitrogen and oxygen atoms in total. The summed E-state index contributed by atoms with van der Waals surface area (Å²) in [6.45, 7) is 11.4. The van der Waals surface area contributed by atoms with Crippen molar-refractivity contribution in [2.45, 2.75) is 66.2 Å². The zero-order valence-corrected chi connectivity index (χ0v) is 18.1. The first-order chi connectivity index (χ1) is 10.9. The molecule has 6 heteroatoms. The summed E-state index contributed by atoms with van der Waals surface area (Å²) in [6.07, 6.45) is 4.33.